The first-order chi connectivity index (χ1) is 12.2. The zero-order valence-corrected chi connectivity index (χ0v) is 14.4. The highest BCUT2D eigenvalue weighted by Gasteiger charge is 2.12. The van der Waals surface area contributed by atoms with Gasteiger partial charge in [-0.2, -0.15) is 0 Å². The maximum absolute atomic E-state index is 14.0. The molecule has 0 heterocycles. The van der Waals surface area contributed by atoms with E-state index in [1.54, 1.807) is 12.1 Å². The van der Waals surface area contributed by atoms with Gasteiger partial charge in [0.25, 0.3) is 0 Å². The molecular weight excluding hydrogens is 341 g/mol. The van der Waals surface area contributed by atoms with Crippen molar-refractivity contribution in [1.29, 1.82) is 0 Å². The van der Waals surface area contributed by atoms with Gasteiger partial charge in [0.1, 0.15) is 18.2 Å². The summed E-state index contributed by atoms with van der Waals surface area (Å²) in [7, 11) is 0. The van der Waals surface area contributed by atoms with E-state index in [2.05, 4.69) is 5.32 Å². The van der Waals surface area contributed by atoms with Crippen molar-refractivity contribution in [2.24, 2.45) is 0 Å². The van der Waals surface area contributed by atoms with Gasteiger partial charge in [-0.25, -0.2) is 4.39 Å². The van der Waals surface area contributed by atoms with Crippen LogP contribution in [0.25, 0.3) is 10.8 Å². The smallest absolute Gasteiger partial charge is 0.131 e. The average molecular weight is 360 g/mol. The quantitative estimate of drug-likeness (QED) is 0.618. The summed E-state index contributed by atoms with van der Waals surface area (Å²) >= 11 is 6.07. The Bertz CT molecular complexity index is 849. The molecule has 0 fully saturated rings. The van der Waals surface area contributed by atoms with Crippen LogP contribution >= 0.6 is 11.6 Å². The Morgan fingerprint density at radius 1 is 1.00 bits per heavy atom. The molecule has 0 radical (unpaired) electrons. The Morgan fingerprint density at radius 3 is 2.64 bits per heavy atom. The summed E-state index contributed by atoms with van der Waals surface area (Å²) in [5.41, 5.74) is 1.31. The Balaban J connectivity index is 1.90. The minimum Gasteiger partial charge on any atom is -0.488 e. The normalized spacial score (nSPS) is 11.0. The van der Waals surface area contributed by atoms with Crippen LogP contribution in [-0.2, 0) is 13.2 Å². The Morgan fingerprint density at radius 2 is 1.84 bits per heavy atom. The lowest BCUT2D eigenvalue weighted by atomic mass is 10.0. The summed E-state index contributed by atoms with van der Waals surface area (Å²) in [6.07, 6.45) is 0. The molecule has 5 heteroatoms. The molecule has 0 aromatic heterocycles. The molecule has 0 bridgehead atoms. The highest BCUT2D eigenvalue weighted by atomic mass is 35.5. The molecule has 3 aromatic carbocycles. The molecule has 2 N–H and O–H groups in total. The summed E-state index contributed by atoms with van der Waals surface area (Å²) in [6, 6.07) is 16.4. The number of rotatable bonds is 7. The average Bonchev–Trinajstić information content (AvgIpc) is 2.62. The maximum atomic E-state index is 14.0. The van der Waals surface area contributed by atoms with Crippen molar-refractivity contribution in [2.75, 3.05) is 13.2 Å². The predicted molar refractivity (Wildman–Crippen MR) is 98.5 cm³/mol. The van der Waals surface area contributed by atoms with Gasteiger partial charge >= 0.3 is 0 Å². The van der Waals surface area contributed by atoms with Gasteiger partial charge in [-0.1, -0.05) is 48.0 Å². The highest BCUT2D eigenvalue weighted by Crippen LogP contribution is 2.29. The fourth-order valence-corrected chi connectivity index (χ4v) is 2.96. The van der Waals surface area contributed by atoms with Gasteiger partial charge < -0.3 is 15.2 Å². The lowest BCUT2D eigenvalue weighted by Crippen LogP contribution is -2.18. The standard InChI is InChI=1S/C20H19ClFNO2/c21-18-6-3-7-19(22)17(18)13-25-20-9-8-14-4-1-2-5-15(14)16(20)12-23-10-11-24/h1-9,23-24H,10-13H2. The molecule has 0 aliphatic rings. The number of nitrogens with one attached hydrogen (secondary N) is 1. The van der Waals surface area contributed by atoms with Gasteiger partial charge in [-0.05, 0) is 29.0 Å². The van der Waals surface area contributed by atoms with E-state index in [1.807, 2.05) is 36.4 Å². The maximum Gasteiger partial charge on any atom is 0.131 e. The third kappa shape index (κ3) is 4.10. The topological polar surface area (TPSA) is 41.5 Å². The van der Waals surface area contributed by atoms with Crippen LogP contribution in [0, 0.1) is 5.82 Å². The lowest BCUT2D eigenvalue weighted by Gasteiger charge is -2.15. The van der Waals surface area contributed by atoms with E-state index in [-0.39, 0.29) is 19.0 Å². The summed E-state index contributed by atoms with van der Waals surface area (Å²) < 4.78 is 19.8. The molecule has 0 saturated carbocycles. The van der Waals surface area contributed by atoms with Crippen LogP contribution in [0.5, 0.6) is 5.75 Å². The van der Waals surface area contributed by atoms with Crippen molar-refractivity contribution in [3.05, 3.63) is 76.6 Å². The summed E-state index contributed by atoms with van der Waals surface area (Å²) in [4.78, 5) is 0. The fraction of sp³-hybridized carbons (Fsp3) is 0.200. The molecule has 130 valence electrons. The molecule has 0 atom stereocenters. The SMILES string of the molecule is OCCNCc1c(OCc2c(F)cccc2Cl)ccc2ccccc12. The van der Waals surface area contributed by atoms with E-state index < -0.39 is 0 Å². The zero-order chi connectivity index (χ0) is 17.6. The number of hydrogen-bond donors (Lipinski definition) is 2. The number of aliphatic hydroxyl groups excluding tert-OH is 1. The Kier molecular flexibility index (Phi) is 5.87. The molecule has 3 aromatic rings. The predicted octanol–water partition coefficient (Wildman–Crippen LogP) is 4.29. The Hall–Kier alpha value is -2.14. The van der Waals surface area contributed by atoms with Crippen molar-refractivity contribution in [3.63, 3.8) is 0 Å². The van der Waals surface area contributed by atoms with Crippen LogP contribution < -0.4 is 10.1 Å². The minimum atomic E-state index is -0.381. The number of hydrogen-bond acceptors (Lipinski definition) is 3. The molecule has 3 rings (SSSR count). The molecule has 0 aliphatic carbocycles. The first kappa shape index (κ1) is 17.7. The van der Waals surface area contributed by atoms with Gasteiger partial charge in [-0.15, -0.1) is 0 Å². The molecular formula is C20H19ClFNO2. The monoisotopic (exact) mass is 359 g/mol. The van der Waals surface area contributed by atoms with E-state index >= 15 is 0 Å². The van der Waals surface area contributed by atoms with E-state index in [0.717, 1.165) is 16.3 Å². The molecule has 0 spiro atoms. The third-order valence-electron chi connectivity index (χ3n) is 4.02. The number of aliphatic hydroxyl groups is 1. The molecule has 0 saturated heterocycles. The van der Waals surface area contributed by atoms with Crippen LogP contribution in [-0.4, -0.2) is 18.3 Å². The second kappa shape index (κ2) is 8.30. The Labute approximate surface area is 151 Å². The molecule has 0 aliphatic heterocycles. The molecule has 0 unspecified atom stereocenters. The third-order valence-corrected chi connectivity index (χ3v) is 4.38. The van der Waals surface area contributed by atoms with E-state index in [9.17, 15) is 4.39 Å². The molecule has 3 nitrogen and oxygen atoms in total. The second-order valence-electron chi connectivity index (χ2n) is 5.65. The number of benzene rings is 3. The fourth-order valence-electron chi connectivity index (χ4n) is 2.75. The minimum absolute atomic E-state index is 0.0524. The van der Waals surface area contributed by atoms with Gasteiger partial charge in [0, 0.05) is 24.2 Å². The van der Waals surface area contributed by atoms with Crippen molar-refractivity contribution in [1.82, 2.24) is 5.32 Å². The van der Waals surface area contributed by atoms with Crippen LogP contribution in [0.15, 0.2) is 54.6 Å². The van der Waals surface area contributed by atoms with Gasteiger partial charge in [0.15, 0.2) is 0 Å². The van der Waals surface area contributed by atoms with Gasteiger partial charge in [-0.3, -0.25) is 0 Å². The van der Waals surface area contributed by atoms with E-state index in [1.165, 1.54) is 6.07 Å². The largest absolute Gasteiger partial charge is 0.488 e. The van der Waals surface area contributed by atoms with Crippen molar-refractivity contribution >= 4 is 22.4 Å². The van der Waals surface area contributed by atoms with Gasteiger partial charge in [0.2, 0.25) is 0 Å². The van der Waals surface area contributed by atoms with Crippen LogP contribution in [0.4, 0.5) is 4.39 Å². The van der Waals surface area contributed by atoms with Crippen molar-refractivity contribution < 1.29 is 14.2 Å². The van der Waals surface area contributed by atoms with Crippen molar-refractivity contribution in [2.45, 2.75) is 13.2 Å². The number of fused-ring (bicyclic) bond motifs is 1. The van der Waals surface area contributed by atoms with E-state index in [4.69, 9.17) is 21.4 Å². The van der Waals surface area contributed by atoms with Crippen LogP contribution in [0.3, 0.4) is 0 Å². The summed E-state index contributed by atoms with van der Waals surface area (Å²) in [5, 5.41) is 14.7. The van der Waals surface area contributed by atoms with Gasteiger partial charge in [0.05, 0.1) is 11.6 Å². The number of halogens is 2. The molecule has 0 amide bonds. The van der Waals surface area contributed by atoms with E-state index in [0.29, 0.717) is 29.4 Å². The lowest BCUT2D eigenvalue weighted by molar-refractivity contribution is 0.286. The molecule has 25 heavy (non-hydrogen) atoms. The first-order valence-corrected chi connectivity index (χ1v) is 8.46. The summed E-state index contributed by atoms with van der Waals surface area (Å²) in [5.74, 6) is 0.289. The highest BCUT2D eigenvalue weighted by molar-refractivity contribution is 6.31. The van der Waals surface area contributed by atoms with Crippen molar-refractivity contribution in [3.8, 4) is 5.75 Å². The van der Waals surface area contributed by atoms with Crippen LogP contribution in [0.2, 0.25) is 5.02 Å². The first-order valence-electron chi connectivity index (χ1n) is 8.08. The zero-order valence-electron chi connectivity index (χ0n) is 13.6. The van der Waals surface area contributed by atoms with Crippen LogP contribution in [0.1, 0.15) is 11.1 Å². The summed E-state index contributed by atoms with van der Waals surface area (Å²) in [6.45, 7) is 1.15. The second-order valence-corrected chi connectivity index (χ2v) is 6.06. The number of ether oxygens (including phenoxy) is 1.